The first-order chi connectivity index (χ1) is 3.56. The lowest BCUT2D eigenvalue weighted by Gasteiger charge is -2.02. The number of hydrogen-bond donors (Lipinski definition) is 0. The van der Waals surface area contributed by atoms with Crippen LogP contribution in [0.5, 0.6) is 0 Å². The molecule has 0 nitrogen and oxygen atoms in total. The molecule has 0 N–H and O–H groups in total. The molecule has 0 unspecified atom stereocenters. The van der Waals surface area contributed by atoms with Gasteiger partial charge in [-0.15, -0.1) is 0 Å². The van der Waals surface area contributed by atoms with Gasteiger partial charge in [-0.1, -0.05) is 22.6 Å². The van der Waals surface area contributed by atoms with Crippen molar-refractivity contribution in [2.75, 3.05) is 4.43 Å². The molecule has 0 fully saturated rings. The minimum atomic E-state index is -3.11. The Balaban J connectivity index is 3.11. The standard InChI is InChI=1S/C4H5ClF2I/c5-4(6,7)2-1-3-8/h2H,1,3H2. The average molecular weight is 253 g/mol. The molecule has 0 aromatic heterocycles. The van der Waals surface area contributed by atoms with Crippen molar-refractivity contribution in [2.24, 2.45) is 0 Å². The summed E-state index contributed by atoms with van der Waals surface area (Å²) in [7, 11) is 0. The highest BCUT2D eigenvalue weighted by Crippen LogP contribution is 2.23. The molecule has 0 heterocycles. The van der Waals surface area contributed by atoms with Crippen molar-refractivity contribution in [3.05, 3.63) is 6.42 Å². The molecule has 0 aromatic rings. The minimum absolute atomic E-state index is 0.358. The molecule has 0 amide bonds. The molecule has 1 radical (unpaired) electrons. The van der Waals surface area contributed by atoms with E-state index in [1.165, 1.54) is 0 Å². The van der Waals surface area contributed by atoms with Crippen LogP contribution in [0.2, 0.25) is 0 Å². The van der Waals surface area contributed by atoms with E-state index in [2.05, 4.69) is 11.6 Å². The van der Waals surface area contributed by atoms with Crippen molar-refractivity contribution < 1.29 is 8.78 Å². The predicted molar refractivity (Wildman–Crippen MR) is 38.6 cm³/mol. The lowest BCUT2D eigenvalue weighted by Crippen LogP contribution is -2.05. The van der Waals surface area contributed by atoms with Crippen molar-refractivity contribution >= 4 is 34.2 Å². The molecule has 0 aliphatic heterocycles. The van der Waals surface area contributed by atoms with E-state index in [1.54, 1.807) is 0 Å². The molecule has 8 heavy (non-hydrogen) atoms. The van der Waals surface area contributed by atoms with Crippen LogP contribution >= 0.6 is 34.2 Å². The summed E-state index contributed by atoms with van der Waals surface area (Å²) in [5.41, 5.74) is 0. The van der Waals surface area contributed by atoms with Crippen molar-refractivity contribution in [2.45, 2.75) is 11.8 Å². The molecule has 49 valence electrons. The molecule has 0 atom stereocenters. The van der Waals surface area contributed by atoms with E-state index in [-0.39, 0.29) is 0 Å². The Kier molecular flexibility index (Phi) is 4.24. The third-order valence-electron chi connectivity index (χ3n) is 0.485. The van der Waals surface area contributed by atoms with Crippen molar-refractivity contribution in [3.63, 3.8) is 0 Å². The van der Waals surface area contributed by atoms with Crippen molar-refractivity contribution in [3.8, 4) is 0 Å². The van der Waals surface area contributed by atoms with E-state index >= 15 is 0 Å². The van der Waals surface area contributed by atoms with Crippen molar-refractivity contribution in [1.29, 1.82) is 0 Å². The Hall–Kier alpha value is 0.880. The fraction of sp³-hybridized carbons (Fsp3) is 0.750. The Morgan fingerprint density at radius 1 is 1.62 bits per heavy atom. The molecule has 0 aliphatic rings. The van der Waals surface area contributed by atoms with Crippen molar-refractivity contribution in [1.82, 2.24) is 0 Å². The molecule has 0 aliphatic carbocycles. The fourth-order valence-corrected chi connectivity index (χ4v) is 0.639. The molecule has 0 aromatic carbocycles. The molecule has 4 heteroatoms. The van der Waals surface area contributed by atoms with Gasteiger partial charge in [-0.3, -0.25) is 0 Å². The van der Waals surface area contributed by atoms with E-state index in [0.29, 0.717) is 10.8 Å². The minimum Gasteiger partial charge on any atom is -0.188 e. The molecule has 0 saturated carbocycles. The van der Waals surface area contributed by atoms with Gasteiger partial charge in [0.15, 0.2) is 0 Å². The second-order valence-electron chi connectivity index (χ2n) is 1.22. The van der Waals surface area contributed by atoms with Gasteiger partial charge in [0.05, 0.1) is 0 Å². The number of rotatable bonds is 3. The third kappa shape index (κ3) is 6.88. The number of hydrogen-bond acceptors (Lipinski definition) is 0. The maximum absolute atomic E-state index is 11.6. The van der Waals surface area contributed by atoms with Crippen LogP contribution in [-0.4, -0.2) is 9.81 Å². The summed E-state index contributed by atoms with van der Waals surface area (Å²) in [6, 6.07) is 0. The van der Waals surface area contributed by atoms with Crippen LogP contribution in [0.15, 0.2) is 0 Å². The fourth-order valence-electron chi connectivity index (χ4n) is 0.218. The molecule has 0 bridgehead atoms. The summed E-state index contributed by atoms with van der Waals surface area (Å²) in [5.74, 6) is 0. The first-order valence-corrected chi connectivity index (χ1v) is 3.93. The molecular weight excluding hydrogens is 248 g/mol. The highest BCUT2D eigenvalue weighted by Gasteiger charge is 2.23. The van der Waals surface area contributed by atoms with E-state index in [1.807, 2.05) is 22.6 Å². The molecule has 0 spiro atoms. The zero-order valence-corrected chi connectivity index (χ0v) is 6.92. The van der Waals surface area contributed by atoms with Gasteiger partial charge >= 0.3 is 5.38 Å². The second kappa shape index (κ2) is 3.82. The first-order valence-electron chi connectivity index (χ1n) is 2.03. The second-order valence-corrected chi connectivity index (χ2v) is 2.81. The first kappa shape index (κ1) is 8.88. The lowest BCUT2D eigenvalue weighted by molar-refractivity contribution is 0.131. The van der Waals surface area contributed by atoms with Gasteiger partial charge in [0.1, 0.15) is 0 Å². The van der Waals surface area contributed by atoms with Gasteiger partial charge in [-0.05, 0) is 18.0 Å². The van der Waals surface area contributed by atoms with Gasteiger partial charge in [-0.25, -0.2) is 0 Å². The van der Waals surface area contributed by atoms with Gasteiger partial charge < -0.3 is 0 Å². The Labute approximate surface area is 65.7 Å². The van der Waals surface area contributed by atoms with E-state index < -0.39 is 5.38 Å². The Morgan fingerprint density at radius 3 is 2.25 bits per heavy atom. The smallest absolute Gasteiger partial charge is 0.188 e. The van der Waals surface area contributed by atoms with Crippen LogP contribution in [-0.2, 0) is 0 Å². The Morgan fingerprint density at radius 2 is 2.12 bits per heavy atom. The van der Waals surface area contributed by atoms with Crippen LogP contribution in [0.3, 0.4) is 0 Å². The molecular formula is C4H5ClF2I. The summed E-state index contributed by atoms with van der Waals surface area (Å²) >= 11 is 6.52. The largest absolute Gasteiger partial charge is 0.325 e. The highest BCUT2D eigenvalue weighted by atomic mass is 127. The zero-order valence-electron chi connectivity index (χ0n) is 4.00. The highest BCUT2D eigenvalue weighted by molar-refractivity contribution is 14.1. The average Bonchev–Trinajstić information content (AvgIpc) is 1.59. The topological polar surface area (TPSA) is 0 Å². The summed E-state index contributed by atoms with van der Waals surface area (Å²) in [6.07, 6.45) is 1.15. The molecule has 0 saturated heterocycles. The lowest BCUT2D eigenvalue weighted by atomic mass is 10.3. The summed E-state index contributed by atoms with van der Waals surface area (Å²) in [5, 5.41) is -3.11. The Bertz CT molecular complexity index is 61.5. The van der Waals surface area contributed by atoms with E-state index in [9.17, 15) is 8.78 Å². The van der Waals surface area contributed by atoms with E-state index in [0.717, 1.165) is 6.42 Å². The van der Waals surface area contributed by atoms with Crippen LogP contribution in [0, 0.1) is 6.42 Å². The summed E-state index contributed by atoms with van der Waals surface area (Å²) < 4.78 is 23.9. The van der Waals surface area contributed by atoms with Crippen LogP contribution in [0.1, 0.15) is 6.42 Å². The zero-order chi connectivity index (χ0) is 6.62. The van der Waals surface area contributed by atoms with Crippen LogP contribution in [0.4, 0.5) is 8.78 Å². The maximum atomic E-state index is 11.6. The van der Waals surface area contributed by atoms with Gasteiger partial charge in [0, 0.05) is 10.8 Å². The van der Waals surface area contributed by atoms with Gasteiger partial charge in [-0.2, -0.15) is 8.78 Å². The van der Waals surface area contributed by atoms with Crippen LogP contribution < -0.4 is 0 Å². The quantitative estimate of drug-likeness (QED) is 0.536. The normalized spacial score (nSPS) is 12.0. The number of alkyl halides is 4. The third-order valence-corrected chi connectivity index (χ3v) is 1.26. The summed E-state index contributed by atoms with van der Waals surface area (Å²) in [4.78, 5) is 0. The SMILES string of the molecule is FC(F)(Cl)[CH]CCI. The predicted octanol–water partition coefficient (Wildman–Crippen LogP) is 2.85. The molecule has 0 rings (SSSR count). The van der Waals surface area contributed by atoms with Crippen LogP contribution in [0.25, 0.3) is 0 Å². The maximum Gasteiger partial charge on any atom is 0.325 e. The van der Waals surface area contributed by atoms with Gasteiger partial charge in [0.25, 0.3) is 0 Å². The van der Waals surface area contributed by atoms with Gasteiger partial charge in [0.2, 0.25) is 0 Å². The van der Waals surface area contributed by atoms with E-state index in [4.69, 9.17) is 0 Å². The monoisotopic (exact) mass is 253 g/mol. The summed E-state index contributed by atoms with van der Waals surface area (Å²) in [6.45, 7) is 0. The number of halogens is 4.